The molecular formula is C21H24N4O6. The van der Waals surface area contributed by atoms with Crippen molar-refractivity contribution in [1.82, 2.24) is 15.5 Å². The fraction of sp³-hybridized carbons (Fsp3) is 0.333. The molecule has 0 unspecified atom stereocenters. The Bertz CT molecular complexity index is 1000. The zero-order chi connectivity index (χ0) is 22.5. The van der Waals surface area contributed by atoms with E-state index >= 15 is 0 Å². The van der Waals surface area contributed by atoms with Crippen molar-refractivity contribution in [1.29, 1.82) is 0 Å². The minimum Gasteiger partial charge on any atom is -0.467 e. The first-order chi connectivity index (χ1) is 14.8. The molecule has 10 heteroatoms. The number of nitrogens with zero attached hydrogens (tertiary/aromatic N) is 2. The van der Waals surface area contributed by atoms with Gasteiger partial charge in [0.05, 0.1) is 23.4 Å². The third kappa shape index (κ3) is 4.92. The molecule has 3 rings (SSSR count). The number of likely N-dealkylation sites (N-methyl/N-ethyl adjacent to an activating group) is 1. The molecule has 2 N–H and O–H groups in total. The van der Waals surface area contributed by atoms with Crippen molar-refractivity contribution in [3.8, 4) is 0 Å². The summed E-state index contributed by atoms with van der Waals surface area (Å²) >= 11 is 0. The number of ether oxygens (including phenoxy) is 1. The van der Waals surface area contributed by atoms with Gasteiger partial charge in [-0.1, -0.05) is 12.1 Å². The van der Waals surface area contributed by atoms with E-state index in [9.17, 15) is 19.7 Å². The number of amides is 2. The zero-order valence-electron chi connectivity index (χ0n) is 17.5. The van der Waals surface area contributed by atoms with E-state index in [1.165, 1.54) is 18.4 Å². The second-order valence-electron chi connectivity index (χ2n) is 7.10. The molecule has 0 saturated heterocycles. The first-order valence-corrected chi connectivity index (χ1v) is 9.77. The molecule has 31 heavy (non-hydrogen) atoms. The molecule has 0 saturated carbocycles. The first kappa shape index (κ1) is 22.0. The lowest BCUT2D eigenvalue weighted by atomic mass is 9.99. The summed E-state index contributed by atoms with van der Waals surface area (Å²) in [5, 5.41) is 16.5. The molecule has 1 aliphatic rings. The molecule has 10 nitrogen and oxygen atoms in total. The van der Waals surface area contributed by atoms with Crippen LogP contribution in [0.15, 0.2) is 58.3 Å². The smallest absolute Gasteiger partial charge is 0.338 e. The van der Waals surface area contributed by atoms with Gasteiger partial charge in [0.15, 0.2) is 0 Å². The van der Waals surface area contributed by atoms with Gasteiger partial charge in [-0.05, 0) is 38.6 Å². The lowest BCUT2D eigenvalue weighted by Gasteiger charge is -2.32. The summed E-state index contributed by atoms with van der Waals surface area (Å²) in [4.78, 5) is 37.6. The number of esters is 1. The Hall–Kier alpha value is -3.66. The maximum absolute atomic E-state index is 12.8. The molecule has 0 radical (unpaired) electrons. The van der Waals surface area contributed by atoms with E-state index in [0.29, 0.717) is 11.5 Å². The van der Waals surface area contributed by atoms with Gasteiger partial charge in [0, 0.05) is 30.4 Å². The Balaban J connectivity index is 1.93. The van der Waals surface area contributed by atoms with Crippen LogP contribution in [0.25, 0.3) is 0 Å². The number of nitrogens with one attached hydrogen (secondary N) is 2. The third-order valence-corrected chi connectivity index (χ3v) is 5.11. The van der Waals surface area contributed by atoms with Crippen LogP contribution in [0.5, 0.6) is 0 Å². The van der Waals surface area contributed by atoms with Crippen molar-refractivity contribution in [2.24, 2.45) is 0 Å². The maximum atomic E-state index is 12.8. The lowest BCUT2D eigenvalue weighted by Crippen LogP contribution is -2.48. The molecule has 2 atom stereocenters. The third-order valence-electron chi connectivity index (χ3n) is 5.11. The summed E-state index contributed by atoms with van der Waals surface area (Å²) in [6.07, 6.45) is 1.46. The minimum absolute atomic E-state index is 0.00256. The van der Waals surface area contributed by atoms with Crippen LogP contribution in [0.3, 0.4) is 0 Å². The summed E-state index contributed by atoms with van der Waals surface area (Å²) in [6.45, 7) is 3.96. The van der Waals surface area contributed by atoms with Crippen LogP contribution >= 0.6 is 0 Å². The SMILES string of the molecule is CCOC(=O)C1=C(CN(C)[C@H](C)c2cccc([N+](=O)[O-])c2)NC(=O)N[C@H]1c1ccco1. The van der Waals surface area contributed by atoms with Crippen molar-refractivity contribution in [3.63, 3.8) is 0 Å². The van der Waals surface area contributed by atoms with E-state index < -0.39 is 23.0 Å². The lowest BCUT2D eigenvalue weighted by molar-refractivity contribution is -0.384. The fourth-order valence-electron chi connectivity index (χ4n) is 3.40. The van der Waals surface area contributed by atoms with Crippen LogP contribution in [0.2, 0.25) is 0 Å². The molecule has 0 fully saturated rings. The Morgan fingerprint density at radius 3 is 2.77 bits per heavy atom. The summed E-state index contributed by atoms with van der Waals surface area (Å²) in [6, 6.07) is 8.20. The van der Waals surface area contributed by atoms with Gasteiger partial charge >= 0.3 is 12.0 Å². The number of nitro groups is 1. The number of nitro benzene ring substituents is 1. The summed E-state index contributed by atoms with van der Waals surface area (Å²) in [5.41, 5.74) is 1.35. The summed E-state index contributed by atoms with van der Waals surface area (Å²) in [7, 11) is 1.80. The van der Waals surface area contributed by atoms with Crippen molar-refractivity contribution in [2.75, 3.05) is 20.2 Å². The number of carbonyl (C=O) groups is 2. The molecule has 2 amide bonds. The highest BCUT2D eigenvalue weighted by atomic mass is 16.6. The van der Waals surface area contributed by atoms with E-state index in [1.54, 1.807) is 38.2 Å². The quantitative estimate of drug-likeness (QED) is 0.376. The Morgan fingerprint density at radius 1 is 1.35 bits per heavy atom. The molecule has 164 valence electrons. The van der Waals surface area contributed by atoms with E-state index in [-0.39, 0.29) is 30.5 Å². The predicted octanol–water partition coefficient (Wildman–Crippen LogP) is 3.05. The molecule has 1 aromatic carbocycles. The Labute approximate surface area is 179 Å². The average Bonchev–Trinajstić information content (AvgIpc) is 3.27. The molecule has 2 aromatic rings. The van der Waals surface area contributed by atoms with Gasteiger partial charge in [0.25, 0.3) is 5.69 Å². The van der Waals surface area contributed by atoms with Gasteiger partial charge in [-0.15, -0.1) is 0 Å². The van der Waals surface area contributed by atoms with Gasteiger partial charge in [0.2, 0.25) is 0 Å². The monoisotopic (exact) mass is 428 g/mol. The van der Waals surface area contributed by atoms with Crippen molar-refractivity contribution in [3.05, 3.63) is 75.4 Å². The van der Waals surface area contributed by atoms with Crippen LogP contribution in [0, 0.1) is 10.1 Å². The Kier molecular flexibility index (Phi) is 6.71. The van der Waals surface area contributed by atoms with E-state index in [2.05, 4.69) is 10.6 Å². The van der Waals surface area contributed by atoms with Gasteiger partial charge < -0.3 is 19.8 Å². The highest BCUT2D eigenvalue weighted by Gasteiger charge is 2.36. The average molecular weight is 428 g/mol. The van der Waals surface area contributed by atoms with Gasteiger partial charge in [0.1, 0.15) is 11.8 Å². The normalized spacial score (nSPS) is 17.2. The largest absolute Gasteiger partial charge is 0.467 e. The van der Waals surface area contributed by atoms with Gasteiger partial charge in [-0.25, -0.2) is 9.59 Å². The summed E-state index contributed by atoms with van der Waals surface area (Å²) < 4.78 is 10.6. The molecule has 0 spiro atoms. The second-order valence-corrected chi connectivity index (χ2v) is 7.10. The number of carbonyl (C=O) groups excluding carboxylic acids is 2. The highest BCUT2D eigenvalue weighted by molar-refractivity contribution is 5.95. The molecule has 0 aliphatic carbocycles. The fourth-order valence-corrected chi connectivity index (χ4v) is 3.40. The van der Waals surface area contributed by atoms with Crippen molar-refractivity contribution in [2.45, 2.75) is 25.9 Å². The number of furan rings is 1. The predicted molar refractivity (Wildman–Crippen MR) is 111 cm³/mol. The topological polar surface area (TPSA) is 127 Å². The molecule has 0 bridgehead atoms. The maximum Gasteiger partial charge on any atom is 0.338 e. The van der Waals surface area contributed by atoms with E-state index in [1.807, 2.05) is 11.8 Å². The Morgan fingerprint density at radius 2 is 2.13 bits per heavy atom. The number of hydrogen-bond acceptors (Lipinski definition) is 7. The first-order valence-electron chi connectivity index (χ1n) is 9.77. The molecular weight excluding hydrogens is 404 g/mol. The minimum atomic E-state index is -0.792. The van der Waals surface area contributed by atoms with E-state index in [4.69, 9.17) is 9.15 Å². The van der Waals surface area contributed by atoms with Crippen molar-refractivity contribution >= 4 is 17.7 Å². The van der Waals surface area contributed by atoms with Gasteiger partial charge in [-0.3, -0.25) is 15.0 Å². The summed E-state index contributed by atoms with van der Waals surface area (Å²) in [5.74, 6) is -0.160. The van der Waals surface area contributed by atoms with E-state index in [0.717, 1.165) is 5.56 Å². The number of hydrogen-bond donors (Lipinski definition) is 2. The number of urea groups is 1. The number of rotatable bonds is 8. The van der Waals surface area contributed by atoms with Crippen LogP contribution in [0.4, 0.5) is 10.5 Å². The van der Waals surface area contributed by atoms with Crippen LogP contribution in [0.1, 0.15) is 37.3 Å². The van der Waals surface area contributed by atoms with Crippen LogP contribution < -0.4 is 10.6 Å². The van der Waals surface area contributed by atoms with Gasteiger partial charge in [-0.2, -0.15) is 0 Å². The number of benzene rings is 1. The second kappa shape index (κ2) is 9.43. The number of non-ortho nitro benzene ring substituents is 1. The zero-order valence-corrected chi connectivity index (χ0v) is 17.5. The molecule has 2 heterocycles. The van der Waals surface area contributed by atoms with Crippen LogP contribution in [-0.4, -0.2) is 42.0 Å². The molecule has 1 aromatic heterocycles. The molecule has 1 aliphatic heterocycles. The highest BCUT2D eigenvalue weighted by Crippen LogP contribution is 2.30. The van der Waals surface area contributed by atoms with Crippen LogP contribution in [-0.2, 0) is 9.53 Å². The standard InChI is InChI=1S/C21H24N4O6/c1-4-30-20(26)18-16(22-21(27)23-19(18)17-9-6-10-31-17)12-24(3)13(2)14-7-5-8-15(11-14)25(28)29/h5-11,13,19H,4,12H2,1-3H3,(H2,22,23,27)/t13-,19+/m1/s1. The van der Waals surface area contributed by atoms with Crippen molar-refractivity contribution < 1.29 is 23.7 Å².